The van der Waals surface area contributed by atoms with Gasteiger partial charge in [-0.25, -0.2) is 0 Å². The molecule has 0 bridgehead atoms. The lowest BCUT2D eigenvalue weighted by Crippen LogP contribution is -2.44. The van der Waals surface area contributed by atoms with E-state index in [1.54, 1.807) is 0 Å². The van der Waals surface area contributed by atoms with Gasteiger partial charge in [-0.15, -0.1) is 0 Å². The minimum atomic E-state index is -0.965. The number of piperidine rings is 1. The number of hydrogen-bond donors (Lipinski definition) is 2. The van der Waals surface area contributed by atoms with Crippen LogP contribution in [0, 0.1) is 0 Å². The first-order chi connectivity index (χ1) is 13.6. The van der Waals surface area contributed by atoms with Crippen LogP contribution in [-0.4, -0.2) is 77.5 Å². The third-order valence-electron chi connectivity index (χ3n) is 5.81. The van der Waals surface area contributed by atoms with Gasteiger partial charge >= 0.3 is 0 Å². The molecule has 1 aromatic rings. The molecule has 6 heteroatoms. The molecular formula is C22H34N2O4. The lowest BCUT2D eigenvalue weighted by atomic mass is 10.1. The minimum absolute atomic E-state index is 0.0555. The normalized spacial score (nSPS) is 25.6. The Balaban J connectivity index is 1.63. The van der Waals surface area contributed by atoms with Gasteiger partial charge in [0.1, 0.15) is 18.5 Å². The van der Waals surface area contributed by atoms with E-state index in [-0.39, 0.29) is 12.5 Å². The van der Waals surface area contributed by atoms with Crippen LogP contribution in [0.2, 0.25) is 0 Å². The van der Waals surface area contributed by atoms with Crippen molar-refractivity contribution in [2.24, 2.45) is 0 Å². The number of rotatable bonds is 2. The Morgan fingerprint density at radius 3 is 2.54 bits per heavy atom. The van der Waals surface area contributed by atoms with Crippen LogP contribution in [0.4, 0.5) is 0 Å². The van der Waals surface area contributed by atoms with Crippen molar-refractivity contribution in [1.29, 1.82) is 0 Å². The fraction of sp³-hybridized carbons (Fsp3) is 0.682. The molecule has 0 spiro atoms. The number of hydrogen-bond acceptors (Lipinski definition) is 5. The van der Waals surface area contributed by atoms with Gasteiger partial charge < -0.3 is 19.8 Å². The van der Waals surface area contributed by atoms with Gasteiger partial charge in [0.25, 0.3) is 0 Å². The van der Waals surface area contributed by atoms with Crippen LogP contribution in [-0.2, 0) is 11.2 Å². The highest BCUT2D eigenvalue weighted by atomic mass is 16.5. The van der Waals surface area contributed by atoms with Crippen molar-refractivity contribution in [3.8, 4) is 5.75 Å². The van der Waals surface area contributed by atoms with Crippen LogP contribution >= 0.6 is 0 Å². The second-order valence-electron chi connectivity index (χ2n) is 8.02. The molecule has 2 N–H and O–H groups in total. The molecular weight excluding hydrogens is 356 g/mol. The molecule has 0 aromatic heterocycles. The number of aliphatic hydroxyl groups is 2. The van der Waals surface area contributed by atoms with Crippen LogP contribution in [0.1, 0.15) is 44.1 Å². The van der Waals surface area contributed by atoms with Crippen LogP contribution < -0.4 is 4.74 Å². The molecule has 0 unspecified atom stereocenters. The molecule has 6 nitrogen and oxygen atoms in total. The van der Waals surface area contributed by atoms with E-state index in [0.717, 1.165) is 56.5 Å². The Hall–Kier alpha value is -1.63. The topological polar surface area (TPSA) is 73.2 Å². The zero-order valence-corrected chi connectivity index (χ0v) is 16.8. The third kappa shape index (κ3) is 6.19. The van der Waals surface area contributed by atoms with E-state index in [1.807, 2.05) is 29.2 Å². The highest BCUT2D eigenvalue weighted by Gasteiger charge is 2.23. The fourth-order valence-corrected chi connectivity index (χ4v) is 4.01. The number of likely N-dealkylation sites (tertiary alicyclic amines) is 1. The molecule has 1 fully saturated rings. The van der Waals surface area contributed by atoms with E-state index < -0.39 is 12.2 Å². The zero-order valence-electron chi connectivity index (χ0n) is 16.8. The smallest absolute Gasteiger partial charge is 0.236 e. The Bertz CT molecular complexity index is 618. The summed E-state index contributed by atoms with van der Waals surface area (Å²) in [5.41, 5.74) is 1.11. The van der Waals surface area contributed by atoms with Gasteiger partial charge in [0.2, 0.25) is 5.91 Å². The molecule has 0 saturated carbocycles. The molecule has 2 aliphatic rings. The van der Waals surface area contributed by atoms with Crippen molar-refractivity contribution in [3.63, 3.8) is 0 Å². The van der Waals surface area contributed by atoms with Gasteiger partial charge in [-0.3, -0.25) is 9.69 Å². The van der Waals surface area contributed by atoms with Gasteiger partial charge in [0.05, 0.1) is 12.6 Å². The van der Waals surface area contributed by atoms with Crippen molar-refractivity contribution < 1.29 is 19.7 Å². The number of carbonyl (C=O) groups is 1. The predicted molar refractivity (Wildman–Crippen MR) is 108 cm³/mol. The predicted octanol–water partition coefficient (Wildman–Crippen LogP) is 1.83. The Morgan fingerprint density at radius 1 is 0.964 bits per heavy atom. The van der Waals surface area contributed by atoms with Gasteiger partial charge in [-0.2, -0.15) is 0 Å². The summed E-state index contributed by atoms with van der Waals surface area (Å²) in [6.07, 6.45) is 4.83. The van der Waals surface area contributed by atoms with Gasteiger partial charge in [0.15, 0.2) is 0 Å². The van der Waals surface area contributed by atoms with Gasteiger partial charge in [0, 0.05) is 13.1 Å². The van der Waals surface area contributed by atoms with Crippen molar-refractivity contribution in [2.75, 3.05) is 39.3 Å². The summed E-state index contributed by atoms with van der Waals surface area (Å²) >= 11 is 0. The summed E-state index contributed by atoms with van der Waals surface area (Å²) in [4.78, 5) is 17.0. The van der Waals surface area contributed by atoms with Crippen LogP contribution in [0.25, 0.3) is 0 Å². The van der Waals surface area contributed by atoms with E-state index in [2.05, 4.69) is 4.90 Å². The van der Waals surface area contributed by atoms with E-state index in [1.165, 1.54) is 6.42 Å². The van der Waals surface area contributed by atoms with Crippen LogP contribution in [0.3, 0.4) is 0 Å². The second kappa shape index (κ2) is 10.8. The zero-order chi connectivity index (χ0) is 19.8. The number of ether oxygens (including phenoxy) is 1. The fourth-order valence-electron chi connectivity index (χ4n) is 4.01. The molecule has 2 atom stereocenters. The van der Waals surface area contributed by atoms with Crippen LogP contribution in [0.15, 0.2) is 24.3 Å². The first kappa shape index (κ1) is 21.1. The summed E-state index contributed by atoms with van der Waals surface area (Å²) in [7, 11) is 0. The van der Waals surface area contributed by atoms with E-state index in [9.17, 15) is 15.0 Å². The summed E-state index contributed by atoms with van der Waals surface area (Å²) in [5, 5.41) is 20.6. The van der Waals surface area contributed by atoms with Crippen molar-refractivity contribution >= 4 is 5.91 Å². The maximum atomic E-state index is 12.9. The Kier molecular flexibility index (Phi) is 8.13. The summed E-state index contributed by atoms with van der Waals surface area (Å²) < 4.78 is 5.76. The third-order valence-corrected chi connectivity index (χ3v) is 5.81. The summed E-state index contributed by atoms with van der Waals surface area (Å²) in [5.74, 6) is 0.904. The average Bonchev–Trinajstić information content (AvgIpc) is 2.73. The van der Waals surface area contributed by atoms with Crippen molar-refractivity contribution in [1.82, 2.24) is 9.80 Å². The number of aryl methyl sites for hydroxylation is 1. The molecule has 2 heterocycles. The van der Waals surface area contributed by atoms with Gasteiger partial charge in [-0.1, -0.05) is 24.6 Å². The van der Waals surface area contributed by atoms with E-state index >= 15 is 0 Å². The quantitative estimate of drug-likeness (QED) is 0.806. The minimum Gasteiger partial charge on any atom is -0.491 e. The molecule has 2 aliphatic heterocycles. The molecule has 3 rings (SSSR count). The maximum Gasteiger partial charge on any atom is 0.236 e. The SMILES string of the molecule is O=C(CN1CCCCC1)N1CCCCc2ccccc2OC[C@@H](O)[C@@H](O)CC1. The number of benzene rings is 1. The van der Waals surface area contributed by atoms with E-state index in [0.29, 0.717) is 26.1 Å². The second-order valence-corrected chi connectivity index (χ2v) is 8.02. The summed E-state index contributed by atoms with van der Waals surface area (Å²) in [6.45, 7) is 3.67. The lowest BCUT2D eigenvalue weighted by Gasteiger charge is -2.30. The lowest BCUT2D eigenvalue weighted by molar-refractivity contribution is -0.133. The number of amides is 1. The first-order valence-electron chi connectivity index (χ1n) is 10.7. The number of aliphatic hydroxyl groups excluding tert-OH is 2. The number of carbonyl (C=O) groups excluding carboxylic acids is 1. The highest BCUT2D eigenvalue weighted by Crippen LogP contribution is 2.21. The molecule has 28 heavy (non-hydrogen) atoms. The maximum absolute atomic E-state index is 12.9. The largest absolute Gasteiger partial charge is 0.491 e. The van der Waals surface area contributed by atoms with Gasteiger partial charge in [-0.05, 0) is 63.2 Å². The molecule has 1 amide bonds. The molecule has 1 saturated heterocycles. The standard InChI is InChI=1S/C22H34N2O4/c25-19-11-15-24(22(27)16-23-12-5-1-6-13-23)14-7-4-9-18-8-2-3-10-21(18)28-17-20(19)26/h2-3,8,10,19-20,25-26H,1,4-7,9,11-17H2/t19-,20+/m0/s1. The van der Waals surface area contributed by atoms with Crippen LogP contribution in [0.5, 0.6) is 5.75 Å². The number of para-hydroxylation sites is 1. The number of fused-ring (bicyclic) bond motifs is 1. The monoisotopic (exact) mass is 390 g/mol. The highest BCUT2D eigenvalue weighted by molar-refractivity contribution is 5.78. The molecule has 1 aromatic carbocycles. The molecule has 156 valence electrons. The van der Waals surface area contributed by atoms with Crippen molar-refractivity contribution in [3.05, 3.63) is 29.8 Å². The number of nitrogens with zero attached hydrogens (tertiary/aromatic N) is 2. The van der Waals surface area contributed by atoms with E-state index in [4.69, 9.17) is 4.74 Å². The summed E-state index contributed by atoms with van der Waals surface area (Å²) in [6, 6.07) is 7.85. The molecule has 0 radical (unpaired) electrons. The average molecular weight is 391 g/mol. The first-order valence-corrected chi connectivity index (χ1v) is 10.7. The molecule has 0 aliphatic carbocycles. The Labute approximate surface area is 168 Å². The Morgan fingerprint density at radius 2 is 1.71 bits per heavy atom. The van der Waals surface area contributed by atoms with Crippen molar-refractivity contribution in [2.45, 2.75) is 57.2 Å².